The third-order valence-electron chi connectivity index (χ3n) is 1.93. The van der Waals surface area contributed by atoms with Gasteiger partial charge in [-0.3, -0.25) is 0 Å². The molecule has 13 heavy (non-hydrogen) atoms. The largest absolute Gasteiger partial charge is 0.396 e. The quantitative estimate of drug-likeness (QED) is 0.628. The van der Waals surface area contributed by atoms with Gasteiger partial charge in [-0.05, 0) is 25.0 Å². The Morgan fingerprint density at radius 3 is 2.92 bits per heavy atom. The molecule has 0 fully saturated rings. The topological polar surface area (TPSA) is 85.2 Å². The number of nitrogen functional groups attached to an aromatic ring is 1. The van der Waals surface area contributed by atoms with E-state index in [9.17, 15) is 0 Å². The van der Waals surface area contributed by atoms with Crippen molar-refractivity contribution in [2.45, 2.75) is 19.4 Å². The zero-order valence-corrected chi connectivity index (χ0v) is 7.70. The van der Waals surface area contributed by atoms with Gasteiger partial charge in [-0.25, -0.2) is 4.98 Å². The van der Waals surface area contributed by atoms with Gasteiger partial charge in [-0.2, -0.15) is 0 Å². The minimum Gasteiger partial charge on any atom is -0.396 e. The van der Waals surface area contributed by atoms with Crippen LogP contribution in [-0.2, 0) is 0 Å². The van der Waals surface area contributed by atoms with Crippen molar-refractivity contribution in [3.05, 3.63) is 23.4 Å². The minimum atomic E-state index is -0.225. The van der Waals surface area contributed by atoms with Crippen LogP contribution in [0.4, 0.5) is 5.82 Å². The Morgan fingerprint density at radius 2 is 2.31 bits per heavy atom. The van der Waals surface area contributed by atoms with Gasteiger partial charge in [-0.15, -0.1) is 0 Å². The molecule has 1 atom stereocenters. The van der Waals surface area contributed by atoms with Crippen LogP contribution in [-0.4, -0.2) is 16.7 Å². The number of aliphatic hydroxyl groups is 1. The van der Waals surface area contributed by atoms with Gasteiger partial charge in [0.2, 0.25) is 0 Å². The third kappa shape index (κ3) is 2.40. The number of hydrogen-bond acceptors (Lipinski definition) is 4. The summed E-state index contributed by atoms with van der Waals surface area (Å²) in [4.78, 5) is 4.00. The summed E-state index contributed by atoms with van der Waals surface area (Å²) in [6.07, 6.45) is 2.21. The first kappa shape index (κ1) is 9.95. The Bertz CT molecular complexity index is 288. The predicted molar refractivity (Wildman–Crippen MR) is 52.0 cm³/mol. The Morgan fingerprint density at radius 1 is 1.62 bits per heavy atom. The van der Waals surface area contributed by atoms with Crippen LogP contribution >= 0.6 is 0 Å². The number of aryl methyl sites for hydroxylation is 1. The van der Waals surface area contributed by atoms with E-state index < -0.39 is 0 Å². The molecule has 72 valence electrons. The second kappa shape index (κ2) is 4.20. The third-order valence-corrected chi connectivity index (χ3v) is 1.93. The minimum absolute atomic E-state index is 0.0640. The molecule has 0 spiro atoms. The lowest BCUT2D eigenvalue weighted by molar-refractivity contribution is 0.276. The van der Waals surface area contributed by atoms with Crippen LogP contribution < -0.4 is 11.5 Å². The first-order chi connectivity index (χ1) is 6.15. The highest BCUT2D eigenvalue weighted by atomic mass is 16.3. The first-order valence-electron chi connectivity index (χ1n) is 4.23. The lowest BCUT2D eigenvalue weighted by Gasteiger charge is -2.12. The number of nitrogens with zero attached hydrogens (tertiary/aromatic N) is 1. The highest BCUT2D eigenvalue weighted by molar-refractivity contribution is 5.42. The number of aromatic nitrogens is 1. The van der Waals surface area contributed by atoms with Crippen molar-refractivity contribution in [1.29, 1.82) is 0 Å². The monoisotopic (exact) mass is 181 g/mol. The van der Waals surface area contributed by atoms with Crippen LogP contribution in [0.2, 0.25) is 0 Å². The van der Waals surface area contributed by atoms with E-state index >= 15 is 0 Å². The second-order valence-corrected chi connectivity index (χ2v) is 3.11. The highest BCUT2D eigenvalue weighted by Crippen LogP contribution is 2.19. The average Bonchev–Trinajstić information content (AvgIpc) is 2.09. The maximum Gasteiger partial charge on any atom is 0.128 e. The molecule has 5 N–H and O–H groups in total. The molecule has 1 aromatic heterocycles. The van der Waals surface area contributed by atoms with E-state index in [-0.39, 0.29) is 12.6 Å². The van der Waals surface area contributed by atoms with Crippen LogP contribution in [0.3, 0.4) is 0 Å². The SMILES string of the molecule is Cc1cnc(N)c([C@@H](N)CCO)c1. The highest BCUT2D eigenvalue weighted by Gasteiger charge is 2.09. The zero-order chi connectivity index (χ0) is 9.84. The van der Waals surface area contributed by atoms with Gasteiger partial charge in [0.1, 0.15) is 5.82 Å². The predicted octanol–water partition coefficient (Wildman–Crippen LogP) is 0.354. The number of nitrogens with two attached hydrogens (primary N) is 2. The lowest BCUT2D eigenvalue weighted by atomic mass is 10.0. The van der Waals surface area contributed by atoms with Gasteiger partial charge >= 0.3 is 0 Å². The fourth-order valence-electron chi connectivity index (χ4n) is 1.19. The fourth-order valence-corrected chi connectivity index (χ4v) is 1.19. The fraction of sp³-hybridized carbons (Fsp3) is 0.444. The summed E-state index contributed by atoms with van der Waals surface area (Å²) in [5.41, 5.74) is 13.3. The van der Waals surface area contributed by atoms with Crippen LogP contribution in [0.15, 0.2) is 12.3 Å². The van der Waals surface area contributed by atoms with E-state index in [1.54, 1.807) is 6.20 Å². The molecular weight excluding hydrogens is 166 g/mol. The smallest absolute Gasteiger partial charge is 0.128 e. The van der Waals surface area contributed by atoms with Gasteiger partial charge in [0.05, 0.1) is 0 Å². The molecule has 1 heterocycles. The summed E-state index contributed by atoms with van der Waals surface area (Å²) in [6, 6.07) is 1.68. The Balaban J connectivity index is 2.91. The number of rotatable bonds is 3. The summed E-state index contributed by atoms with van der Waals surface area (Å²) in [5.74, 6) is 0.451. The van der Waals surface area contributed by atoms with Gasteiger partial charge in [0.25, 0.3) is 0 Å². The number of aliphatic hydroxyl groups excluding tert-OH is 1. The molecule has 0 aliphatic rings. The number of anilines is 1. The molecule has 0 aliphatic heterocycles. The summed E-state index contributed by atoms with van der Waals surface area (Å²) in [6.45, 7) is 2.00. The summed E-state index contributed by atoms with van der Waals surface area (Å²) in [7, 11) is 0. The molecule has 0 saturated carbocycles. The Labute approximate surface area is 77.6 Å². The molecule has 0 unspecified atom stereocenters. The molecule has 4 heteroatoms. The van der Waals surface area contributed by atoms with E-state index in [1.165, 1.54) is 0 Å². The summed E-state index contributed by atoms with van der Waals surface area (Å²) < 4.78 is 0. The van der Waals surface area contributed by atoms with Gasteiger partial charge in [-0.1, -0.05) is 0 Å². The van der Waals surface area contributed by atoms with Gasteiger partial charge in [0.15, 0.2) is 0 Å². The van der Waals surface area contributed by atoms with Gasteiger partial charge in [0, 0.05) is 24.4 Å². The van der Waals surface area contributed by atoms with Crippen molar-refractivity contribution in [3.63, 3.8) is 0 Å². The van der Waals surface area contributed by atoms with Crippen molar-refractivity contribution in [1.82, 2.24) is 4.98 Å². The van der Waals surface area contributed by atoms with Crippen molar-refractivity contribution < 1.29 is 5.11 Å². The van der Waals surface area contributed by atoms with E-state index in [1.807, 2.05) is 13.0 Å². The van der Waals surface area contributed by atoms with Gasteiger partial charge < -0.3 is 16.6 Å². The van der Waals surface area contributed by atoms with Crippen LogP contribution in [0.1, 0.15) is 23.6 Å². The molecule has 4 nitrogen and oxygen atoms in total. The normalized spacial score (nSPS) is 12.8. The summed E-state index contributed by atoms with van der Waals surface area (Å²) in [5, 5.41) is 8.72. The molecule has 0 radical (unpaired) electrons. The maximum absolute atomic E-state index is 8.72. The zero-order valence-electron chi connectivity index (χ0n) is 7.70. The molecule has 0 saturated heterocycles. The van der Waals surface area contributed by atoms with Crippen molar-refractivity contribution in [3.8, 4) is 0 Å². The maximum atomic E-state index is 8.72. The Hall–Kier alpha value is -1.13. The molecule has 1 aromatic rings. The van der Waals surface area contributed by atoms with Crippen molar-refractivity contribution >= 4 is 5.82 Å². The van der Waals surface area contributed by atoms with Crippen molar-refractivity contribution in [2.75, 3.05) is 12.3 Å². The molecule has 0 amide bonds. The van der Waals surface area contributed by atoms with Crippen LogP contribution in [0.5, 0.6) is 0 Å². The second-order valence-electron chi connectivity index (χ2n) is 3.11. The molecule has 0 aromatic carbocycles. The lowest BCUT2D eigenvalue weighted by Crippen LogP contribution is -2.14. The molecular formula is C9H15N3O. The molecule has 1 rings (SSSR count). The Kier molecular flexibility index (Phi) is 3.22. The summed E-state index contributed by atoms with van der Waals surface area (Å²) >= 11 is 0. The van der Waals surface area contributed by atoms with E-state index in [0.29, 0.717) is 12.2 Å². The number of pyridine rings is 1. The first-order valence-corrected chi connectivity index (χ1v) is 4.23. The molecule has 0 bridgehead atoms. The standard InChI is InChI=1S/C9H15N3O/c1-6-4-7(8(10)2-3-13)9(11)12-5-6/h4-5,8,13H,2-3,10H2,1H3,(H2,11,12)/t8-/m0/s1. The number of hydrogen-bond donors (Lipinski definition) is 3. The van der Waals surface area contributed by atoms with E-state index in [0.717, 1.165) is 11.1 Å². The van der Waals surface area contributed by atoms with Crippen LogP contribution in [0, 0.1) is 6.92 Å². The van der Waals surface area contributed by atoms with Crippen molar-refractivity contribution in [2.24, 2.45) is 5.73 Å². The molecule has 0 aliphatic carbocycles. The van der Waals surface area contributed by atoms with E-state index in [2.05, 4.69) is 4.98 Å². The van der Waals surface area contributed by atoms with Crippen LogP contribution in [0.25, 0.3) is 0 Å². The average molecular weight is 181 g/mol. The van der Waals surface area contributed by atoms with E-state index in [4.69, 9.17) is 16.6 Å².